The first-order valence-corrected chi connectivity index (χ1v) is 5.99. The van der Waals surface area contributed by atoms with Crippen LogP contribution < -0.4 is 5.73 Å². The highest BCUT2D eigenvalue weighted by molar-refractivity contribution is 6.12. The second kappa shape index (κ2) is 4.33. The van der Waals surface area contributed by atoms with Crippen LogP contribution in [-0.4, -0.2) is 10.8 Å². The normalized spacial score (nSPS) is 10.7. The van der Waals surface area contributed by atoms with Gasteiger partial charge in [-0.05, 0) is 50.5 Å². The van der Waals surface area contributed by atoms with Gasteiger partial charge in [0.1, 0.15) is 0 Å². The van der Waals surface area contributed by atoms with Gasteiger partial charge in [0.2, 0.25) is 5.78 Å². The van der Waals surface area contributed by atoms with Crippen molar-refractivity contribution in [3.63, 3.8) is 0 Å². The minimum atomic E-state index is -0.0371. The third kappa shape index (κ3) is 1.82. The number of nitrogens with one attached hydrogen (secondary N) is 1. The van der Waals surface area contributed by atoms with Gasteiger partial charge in [0.25, 0.3) is 0 Å². The van der Waals surface area contributed by atoms with Crippen LogP contribution in [0.25, 0.3) is 0 Å². The number of nitrogen functional groups attached to an aromatic ring is 1. The zero-order chi connectivity index (χ0) is 13.4. The van der Waals surface area contributed by atoms with Crippen molar-refractivity contribution in [2.75, 3.05) is 5.73 Å². The molecule has 0 atom stereocenters. The maximum absolute atomic E-state index is 12.5. The van der Waals surface area contributed by atoms with E-state index in [2.05, 4.69) is 4.98 Å². The van der Waals surface area contributed by atoms with Gasteiger partial charge in [-0.2, -0.15) is 0 Å². The van der Waals surface area contributed by atoms with Crippen LogP contribution in [-0.2, 0) is 0 Å². The summed E-state index contributed by atoms with van der Waals surface area (Å²) in [5.74, 6) is -0.0371. The predicted molar refractivity (Wildman–Crippen MR) is 74.0 cm³/mol. The summed E-state index contributed by atoms with van der Waals surface area (Å²) < 4.78 is 0. The summed E-state index contributed by atoms with van der Waals surface area (Å²) in [5.41, 5.74) is 11.8. The Bertz CT molecular complexity index is 624. The van der Waals surface area contributed by atoms with E-state index in [1.165, 1.54) is 0 Å². The number of aromatic nitrogens is 1. The van der Waals surface area contributed by atoms with Crippen molar-refractivity contribution in [2.24, 2.45) is 0 Å². The highest BCUT2D eigenvalue weighted by Crippen LogP contribution is 2.23. The van der Waals surface area contributed by atoms with E-state index in [1.54, 1.807) is 6.07 Å². The zero-order valence-corrected chi connectivity index (χ0v) is 11.2. The first kappa shape index (κ1) is 12.4. The van der Waals surface area contributed by atoms with Gasteiger partial charge in [0, 0.05) is 16.9 Å². The molecule has 0 aliphatic rings. The molecule has 2 aromatic rings. The molecule has 0 saturated heterocycles. The number of carbonyl (C=O) groups is 1. The van der Waals surface area contributed by atoms with Gasteiger partial charge in [-0.3, -0.25) is 4.79 Å². The summed E-state index contributed by atoms with van der Waals surface area (Å²) in [7, 11) is 0. The molecular weight excluding hydrogens is 224 g/mol. The van der Waals surface area contributed by atoms with Crippen LogP contribution in [0.5, 0.6) is 0 Å². The zero-order valence-electron chi connectivity index (χ0n) is 11.2. The minimum Gasteiger partial charge on any atom is -0.398 e. The molecule has 94 valence electrons. The predicted octanol–water partition coefficient (Wildman–Crippen LogP) is 3.06. The molecule has 0 spiro atoms. The topological polar surface area (TPSA) is 58.9 Å². The number of nitrogens with two attached hydrogens (primary N) is 1. The smallest absolute Gasteiger partial charge is 0.211 e. The molecule has 0 aliphatic heterocycles. The van der Waals surface area contributed by atoms with Gasteiger partial charge in [-0.15, -0.1) is 0 Å². The molecule has 1 aromatic heterocycles. The molecule has 0 saturated carbocycles. The molecule has 1 aromatic carbocycles. The maximum Gasteiger partial charge on any atom is 0.211 e. The van der Waals surface area contributed by atoms with Crippen molar-refractivity contribution >= 4 is 11.5 Å². The minimum absolute atomic E-state index is 0.0371. The van der Waals surface area contributed by atoms with E-state index in [4.69, 9.17) is 5.73 Å². The lowest BCUT2D eigenvalue weighted by Crippen LogP contribution is -2.08. The quantitative estimate of drug-likeness (QED) is 0.628. The summed E-state index contributed by atoms with van der Waals surface area (Å²) in [6.45, 7) is 7.85. The molecule has 0 aliphatic carbocycles. The average molecular weight is 242 g/mol. The average Bonchev–Trinajstić information content (AvgIpc) is 2.60. The van der Waals surface area contributed by atoms with E-state index in [0.29, 0.717) is 16.9 Å². The van der Waals surface area contributed by atoms with Crippen LogP contribution >= 0.6 is 0 Å². The number of aromatic amines is 1. The molecule has 0 unspecified atom stereocenters. The lowest BCUT2D eigenvalue weighted by molar-refractivity contribution is 0.103. The SMILES string of the molecule is Cc1cccc(C(=O)c2[nH]c(C)c(C)c2C)c1N. The van der Waals surface area contributed by atoms with E-state index in [-0.39, 0.29) is 5.78 Å². The Balaban J connectivity index is 2.55. The van der Waals surface area contributed by atoms with E-state index in [0.717, 1.165) is 22.4 Å². The van der Waals surface area contributed by atoms with E-state index in [1.807, 2.05) is 39.8 Å². The van der Waals surface area contributed by atoms with Crippen LogP contribution in [0.3, 0.4) is 0 Å². The van der Waals surface area contributed by atoms with Crippen molar-refractivity contribution in [2.45, 2.75) is 27.7 Å². The Kier molecular flexibility index (Phi) is 2.99. The van der Waals surface area contributed by atoms with Crippen molar-refractivity contribution in [1.82, 2.24) is 4.98 Å². The molecule has 0 fully saturated rings. The summed E-state index contributed by atoms with van der Waals surface area (Å²) in [4.78, 5) is 15.6. The van der Waals surface area contributed by atoms with Gasteiger partial charge in [0.05, 0.1) is 5.69 Å². The number of benzene rings is 1. The molecule has 0 bridgehead atoms. The van der Waals surface area contributed by atoms with Crippen LogP contribution in [0.4, 0.5) is 5.69 Å². The highest BCUT2D eigenvalue weighted by atomic mass is 16.1. The number of hydrogen-bond acceptors (Lipinski definition) is 2. The fourth-order valence-electron chi connectivity index (χ4n) is 2.08. The van der Waals surface area contributed by atoms with Gasteiger partial charge in [0.15, 0.2) is 0 Å². The Labute approximate surface area is 107 Å². The third-order valence-corrected chi connectivity index (χ3v) is 3.61. The third-order valence-electron chi connectivity index (χ3n) is 3.61. The summed E-state index contributed by atoms with van der Waals surface area (Å²) in [6, 6.07) is 5.54. The van der Waals surface area contributed by atoms with E-state index < -0.39 is 0 Å². The van der Waals surface area contributed by atoms with Crippen LogP contribution in [0.1, 0.15) is 38.4 Å². The molecular formula is C15H18N2O. The molecule has 18 heavy (non-hydrogen) atoms. The van der Waals surface area contributed by atoms with Gasteiger partial charge in [-0.25, -0.2) is 0 Å². The summed E-state index contributed by atoms with van der Waals surface area (Å²) >= 11 is 0. The molecule has 2 rings (SSSR count). The standard InChI is InChI=1S/C15H18N2O/c1-8-6-5-7-12(13(8)16)15(18)14-10(3)9(2)11(4)17-14/h5-7,17H,16H2,1-4H3. The Morgan fingerprint density at radius 1 is 1.11 bits per heavy atom. The number of para-hydroxylation sites is 1. The van der Waals surface area contributed by atoms with Gasteiger partial charge >= 0.3 is 0 Å². The Hall–Kier alpha value is -2.03. The van der Waals surface area contributed by atoms with Crippen LogP contribution in [0.2, 0.25) is 0 Å². The monoisotopic (exact) mass is 242 g/mol. The number of carbonyl (C=O) groups excluding carboxylic acids is 1. The summed E-state index contributed by atoms with van der Waals surface area (Å²) in [6.07, 6.45) is 0. The van der Waals surface area contributed by atoms with Crippen LogP contribution in [0, 0.1) is 27.7 Å². The Morgan fingerprint density at radius 2 is 1.78 bits per heavy atom. The van der Waals surface area contributed by atoms with Crippen molar-refractivity contribution < 1.29 is 4.79 Å². The van der Waals surface area contributed by atoms with Crippen molar-refractivity contribution in [3.8, 4) is 0 Å². The maximum atomic E-state index is 12.5. The number of aryl methyl sites for hydroxylation is 2. The molecule has 3 nitrogen and oxygen atoms in total. The largest absolute Gasteiger partial charge is 0.398 e. The molecule has 3 N–H and O–H groups in total. The van der Waals surface area contributed by atoms with E-state index >= 15 is 0 Å². The number of H-pyrrole nitrogens is 1. The second-order valence-electron chi connectivity index (χ2n) is 4.74. The van der Waals surface area contributed by atoms with E-state index in [9.17, 15) is 4.79 Å². The van der Waals surface area contributed by atoms with Crippen molar-refractivity contribution in [1.29, 1.82) is 0 Å². The van der Waals surface area contributed by atoms with Crippen molar-refractivity contribution in [3.05, 3.63) is 51.8 Å². The number of hydrogen-bond donors (Lipinski definition) is 2. The fourth-order valence-corrected chi connectivity index (χ4v) is 2.08. The lowest BCUT2D eigenvalue weighted by atomic mass is 10.0. The highest BCUT2D eigenvalue weighted by Gasteiger charge is 2.19. The van der Waals surface area contributed by atoms with Crippen LogP contribution in [0.15, 0.2) is 18.2 Å². The molecule has 1 heterocycles. The number of ketones is 1. The summed E-state index contributed by atoms with van der Waals surface area (Å²) in [5, 5.41) is 0. The fraction of sp³-hybridized carbons (Fsp3) is 0.267. The Morgan fingerprint density at radius 3 is 2.33 bits per heavy atom. The number of rotatable bonds is 2. The second-order valence-corrected chi connectivity index (χ2v) is 4.74. The molecule has 3 heteroatoms. The lowest BCUT2D eigenvalue weighted by Gasteiger charge is -2.07. The molecule has 0 radical (unpaired) electrons. The molecule has 0 amide bonds. The first-order valence-electron chi connectivity index (χ1n) is 5.99. The number of anilines is 1. The van der Waals surface area contributed by atoms with Gasteiger partial charge in [-0.1, -0.05) is 12.1 Å². The van der Waals surface area contributed by atoms with Gasteiger partial charge < -0.3 is 10.7 Å². The first-order chi connectivity index (χ1) is 8.43.